The first-order valence-electron chi connectivity index (χ1n) is 22.6. The molecule has 4 fully saturated rings. The molecule has 2 saturated carbocycles. The van der Waals surface area contributed by atoms with E-state index in [9.17, 15) is 32.6 Å². The topological polar surface area (TPSA) is 166 Å². The van der Waals surface area contributed by atoms with Crippen molar-refractivity contribution < 1.29 is 51.6 Å². The number of nitrogens with zero attached hydrogens (tertiary/aromatic N) is 3. The summed E-state index contributed by atoms with van der Waals surface area (Å²) in [5.41, 5.74) is 0.913. The van der Waals surface area contributed by atoms with Gasteiger partial charge >= 0.3 is 5.97 Å². The van der Waals surface area contributed by atoms with Gasteiger partial charge in [0.15, 0.2) is 10.9 Å². The van der Waals surface area contributed by atoms with Crippen LogP contribution < -0.4 is 14.8 Å². The Morgan fingerprint density at radius 2 is 1.78 bits per heavy atom. The number of nitrogens with one attached hydrogen (secondary N) is 1. The summed E-state index contributed by atoms with van der Waals surface area (Å²) in [7, 11) is -2.99. The normalized spacial score (nSPS) is 25.4. The van der Waals surface area contributed by atoms with Crippen LogP contribution in [0.4, 0.5) is 13.9 Å². The zero-order chi connectivity index (χ0) is 46.0. The summed E-state index contributed by atoms with van der Waals surface area (Å²) in [6, 6.07) is 7.51. The maximum Gasteiger partial charge on any atom is 0.306 e. The summed E-state index contributed by atoms with van der Waals surface area (Å²) in [5.74, 6) is -3.76. The lowest BCUT2D eigenvalue weighted by Crippen LogP contribution is -2.45. The molecule has 13 nitrogen and oxygen atoms in total. The van der Waals surface area contributed by atoms with Crippen molar-refractivity contribution in [2.45, 2.75) is 127 Å². The van der Waals surface area contributed by atoms with E-state index in [1.165, 1.54) is 29.4 Å². The van der Waals surface area contributed by atoms with Crippen LogP contribution in [-0.4, -0.2) is 93.7 Å². The zero-order valence-electron chi connectivity index (χ0n) is 36.9. The second-order valence-electron chi connectivity index (χ2n) is 18.2. The number of methoxy groups -OCH3 is 1. The molecule has 65 heavy (non-hydrogen) atoms. The van der Waals surface area contributed by atoms with Crippen molar-refractivity contribution in [3.05, 3.63) is 64.0 Å². The van der Waals surface area contributed by atoms with Crippen molar-refractivity contribution in [2.75, 3.05) is 32.2 Å². The number of ether oxygens (including phenoxy) is 4. The molecule has 2 saturated heterocycles. The van der Waals surface area contributed by atoms with Crippen LogP contribution in [0.5, 0.6) is 11.5 Å². The number of hydrogen-bond acceptors (Lipinski definition) is 12. The fraction of sp³-hybridized carbons (Fsp3) is 0.553. The van der Waals surface area contributed by atoms with Crippen molar-refractivity contribution in [1.82, 2.24) is 14.9 Å². The molecule has 4 aromatic rings. The molecule has 2 aromatic carbocycles. The number of aromatic nitrogens is 2. The van der Waals surface area contributed by atoms with E-state index in [1.54, 1.807) is 18.2 Å². The first kappa shape index (κ1) is 47.3. The van der Waals surface area contributed by atoms with Gasteiger partial charge in [-0.05, 0) is 95.4 Å². The first-order chi connectivity index (χ1) is 31.2. The molecule has 2 aliphatic carbocycles. The van der Waals surface area contributed by atoms with Gasteiger partial charge in [0.05, 0.1) is 48.6 Å². The molecule has 18 heteroatoms. The van der Waals surface area contributed by atoms with Gasteiger partial charge in [-0.3, -0.25) is 18.9 Å². The van der Waals surface area contributed by atoms with E-state index < -0.39 is 83.9 Å². The Kier molecular flexibility index (Phi) is 14.5. The summed E-state index contributed by atoms with van der Waals surface area (Å²) < 4.78 is 68.6. The van der Waals surface area contributed by atoms with Gasteiger partial charge in [-0.25, -0.2) is 18.7 Å². The van der Waals surface area contributed by atoms with E-state index in [1.807, 2.05) is 19.2 Å². The number of benzene rings is 2. The van der Waals surface area contributed by atoms with E-state index in [2.05, 4.69) is 5.32 Å². The number of rotatable bonds is 12. The summed E-state index contributed by atoms with van der Waals surface area (Å²) in [6.45, 7) is 4.60. The molecule has 2 aromatic heterocycles. The summed E-state index contributed by atoms with van der Waals surface area (Å²) in [4.78, 5) is 66.3. The number of hydrogen-bond donors (Lipinski definition) is 2. The minimum absolute atomic E-state index is 0.0214. The van der Waals surface area contributed by atoms with Crippen LogP contribution in [0.2, 0.25) is 5.02 Å². The van der Waals surface area contributed by atoms with Crippen molar-refractivity contribution in [1.29, 1.82) is 0 Å². The molecule has 2 aliphatic heterocycles. The highest BCUT2D eigenvalue weighted by Gasteiger charge is 2.66. The van der Waals surface area contributed by atoms with Gasteiger partial charge in [0, 0.05) is 60.4 Å². The number of carbonyl (C=O) groups is 3. The Bertz CT molecular complexity index is 2450. The third-order valence-corrected chi connectivity index (χ3v) is 17.3. The van der Waals surface area contributed by atoms with Crippen LogP contribution in [0.25, 0.3) is 22.3 Å². The maximum atomic E-state index is 15.0. The van der Waals surface area contributed by atoms with Crippen molar-refractivity contribution >= 4 is 64.0 Å². The Hall–Kier alpha value is -4.21. The fourth-order valence-electron chi connectivity index (χ4n) is 9.80. The average molecular weight is 957 g/mol. The van der Waals surface area contributed by atoms with Gasteiger partial charge < -0.3 is 34.1 Å². The average Bonchev–Trinajstić information content (AvgIpc) is 3.68. The largest absolute Gasteiger partial charge is 0.495 e. The second-order valence-corrected chi connectivity index (χ2v) is 22.1. The lowest BCUT2D eigenvalue weighted by molar-refractivity contribution is -0.154. The lowest BCUT2D eigenvalue weighted by atomic mass is 9.95. The third kappa shape index (κ3) is 10.4. The number of carbonyl (C=O) groups excluding carboxylic acids is 3. The van der Waals surface area contributed by atoms with Crippen molar-refractivity contribution in [3.63, 3.8) is 0 Å². The number of halogens is 3. The number of thiazole rings is 1. The molecule has 0 radical (unpaired) electrons. The van der Waals surface area contributed by atoms with E-state index in [4.69, 9.17) is 40.5 Å². The molecule has 6 atom stereocenters. The van der Waals surface area contributed by atoms with Crippen LogP contribution in [0.1, 0.15) is 96.5 Å². The zero-order valence-corrected chi connectivity index (χ0v) is 39.3. The molecular weight excluding hydrogens is 901 g/mol. The van der Waals surface area contributed by atoms with Gasteiger partial charge in [0.1, 0.15) is 46.1 Å². The molecule has 2 N–H and O–H groups in total. The number of ketones is 1. The highest BCUT2D eigenvalue weighted by Crippen LogP contribution is 2.74. The van der Waals surface area contributed by atoms with E-state index in [0.717, 1.165) is 37.8 Å². The Balaban J connectivity index is 1.14. The highest BCUT2D eigenvalue weighted by atomic mass is 35.5. The smallest absolute Gasteiger partial charge is 0.306 e. The lowest BCUT2D eigenvalue weighted by Gasteiger charge is -2.30. The minimum atomic E-state index is -4.49. The Morgan fingerprint density at radius 3 is 2.52 bits per heavy atom. The summed E-state index contributed by atoms with van der Waals surface area (Å²) >= 11 is 8.29. The van der Waals surface area contributed by atoms with Crippen molar-refractivity contribution in [3.8, 4) is 22.9 Å². The number of Topliss-reactive ketones (excluding diaryl/α,β-unsaturated/α-hetero) is 1. The van der Waals surface area contributed by atoms with Gasteiger partial charge in [-0.15, -0.1) is 11.3 Å². The molecule has 350 valence electrons. The minimum Gasteiger partial charge on any atom is -0.495 e. The standard InChI is InChI=1S/C47H56ClF2N4O9PS/c1-27(2)51-46-53-37(26-65-46)36-21-41(32-14-15-40(60-3)43(48)44(32)52-36)62-31-20-38-39(55)23-47(64(58,59)25-33-34(49)12-8-13-35(33)50)22-29(47)16-18-61-17-7-6-9-28(45(57)54(38)24-31)19-42(56)63-30-10-4-5-11-30/h8,12-15,21,26-31,38H,4-7,9-11,16-20,22-25H2,1-3H3,(H,51,53)(H,58,59)/t28-,29-,31-,38+,47-/m1/s1. The molecule has 1 unspecified atom stereocenters. The van der Waals surface area contributed by atoms with Crippen molar-refractivity contribution in [2.24, 2.45) is 11.8 Å². The molecule has 8 rings (SSSR count). The molecule has 0 bridgehead atoms. The molecule has 1 amide bonds. The van der Waals surface area contributed by atoms with Crippen LogP contribution in [0.3, 0.4) is 0 Å². The quantitative estimate of drug-likeness (QED) is 0.102. The van der Waals surface area contributed by atoms with E-state index in [-0.39, 0.29) is 49.6 Å². The number of fused-ring (bicyclic) bond motifs is 3. The van der Waals surface area contributed by atoms with Crippen LogP contribution in [0, 0.1) is 23.5 Å². The number of pyridine rings is 1. The van der Waals surface area contributed by atoms with Crippen LogP contribution in [0.15, 0.2) is 41.8 Å². The molecule has 4 heterocycles. The monoisotopic (exact) mass is 956 g/mol. The summed E-state index contributed by atoms with van der Waals surface area (Å²) in [5, 5.41) is 5.18. The molecular formula is C47H56ClF2N4O9PS. The maximum absolute atomic E-state index is 15.0. The number of amides is 1. The number of esters is 1. The number of anilines is 1. The van der Waals surface area contributed by atoms with Crippen LogP contribution in [-0.2, 0) is 34.6 Å². The predicted octanol–water partition coefficient (Wildman–Crippen LogP) is 9.74. The molecule has 0 spiro atoms. The fourth-order valence-corrected chi connectivity index (χ4v) is 13.6. The second kappa shape index (κ2) is 19.9. The first-order valence-corrected chi connectivity index (χ1v) is 25.7. The van der Waals surface area contributed by atoms with Gasteiger partial charge in [0.25, 0.3) is 0 Å². The van der Waals surface area contributed by atoms with E-state index in [0.29, 0.717) is 71.2 Å². The van der Waals surface area contributed by atoms with E-state index >= 15 is 0 Å². The summed E-state index contributed by atoms with van der Waals surface area (Å²) in [6.07, 6.45) is 3.19. The Labute approximate surface area is 386 Å². The van der Waals surface area contributed by atoms with Crippen LogP contribution >= 0.6 is 30.3 Å². The Morgan fingerprint density at radius 1 is 1.03 bits per heavy atom. The van der Waals surface area contributed by atoms with Gasteiger partial charge in [0.2, 0.25) is 13.3 Å². The van der Waals surface area contributed by atoms with Gasteiger partial charge in [-0.1, -0.05) is 24.1 Å². The van der Waals surface area contributed by atoms with Gasteiger partial charge in [-0.2, -0.15) is 0 Å². The molecule has 4 aliphatic rings. The third-order valence-electron chi connectivity index (χ3n) is 13.3. The highest BCUT2D eigenvalue weighted by molar-refractivity contribution is 7.59. The SMILES string of the molecule is COc1ccc2c(O[C@@H]3C[C@H]4C(=O)C[C@]5(P(=O)(O)Cc6c(F)cccc6F)C[C@H]5CCOCCCC[C@H](CC(=O)OC5CCCC5)C(=O)N4C3)cc(-c3csc(NC(C)C)n3)nc2c1Cl. The predicted molar refractivity (Wildman–Crippen MR) is 244 cm³/mol.